The number of nitrogens with one attached hydrogen (secondary N) is 1. The Labute approximate surface area is 105 Å². The minimum atomic E-state index is -4.11. The monoisotopic (exact) mass is 263 g/mol. The van der Waals surface area contributed by atoms with E-state index in [4.69, 9.17) is 0 Å². The van der Waals surface area contributed by atoms with E-state index in [2.05, 4.69) is 15.2 Å². The molecule has 1 aliphatic heterocycles. The van der Waals surface area contributed by atoms with Crippen LogP contribution in [0.25, 0.3) is 0 Å². The van der Waals surface area contributed by atoms with Crippen molar-refractivity contribution in [1.82, 2.24) is 10.2 Å². The second-order valence-corrected chi connectivity index (χ2v) is 5.36. The van der Waals surface area contributed by atoms with Crippen molar-refractivity contribution >= 4 is 5.96 Å². The number of nitrogens with zero attached hydrogens (tertiary/aromatic N) is 2. The summed E-state index contributed by atoms with van der Waals surface area (Å²) in [7, 11) is 1.63. The summed E-state index contributed by atoms with van der Waals surface area (Å²) in [4.78, 5) is 6.17. The molecule has 0 unspecified atom stereocenters. The third kappa shape index (κ3) is 3.09. The molecule has 0 radical (unpaired) electrons. The van der Waals surface area contributed by atoms with E-state index in [1.165, 1.54) is 19.3 Å². The molecule has 1 saturated heterocycles. The Bertz CT molecular complexity index is 321. The third-order valence-corrected chi connectivity index (χ3v) is 4.06. The van der Waals surface area contributed by atoms with E-state index in [-0.39, 0.29) is 6.54 Å². The quantitative estimate of drug-likeness (QED) is 0.612. The summed E-state index contributed by atoms with van der Waals surface area (Å²) in [5.41, 5.74) is 0.432. The van der Waals surface area contributed by atoms with E-state index < -0.39 is 12.6 Å². The van der Waals surface area contributed by atoms with Crippen LogP contribution in [0.3, 0.4) is 0 Å². The van der Waals surface area contributed by atoms with Crippen LogP contribution in [0.1, 0.15) is 32.1 Å². The maximum atomic E-state index is 12.1. The van der Waals surface area contributed by atoms with Gasteiger partial charge < -0.3 is 10.2 Å². The highest BCUT2D eigenvalue weighted by Crippen LogP contribution is 2.47. The Morgan fingerprint density at radius 1 is 1.33 bits per heavy atom. The molecule has 1 spiro atoms. The number of aliphatic imine (C=N–C) groups is 1. The first-order valence-corrected chi connectivity index (χ1v) is 6.47. The fraction of sp³-hybridized carbons (Fsp3) is 0.917. The van der Waals surface area contributed by atoms with Crippen LogP contribution in [0, 0.1) is 5.41 Å². The smallest absolute Gasteiger partial charge is 0.356 e. The highest BCUT2D eigenvalue weighted by Gasteiger charge is 2.43. The molecule has 6 heteroatoms. The highest BCUT2D eigenvalue weighted by atomic mass is 19.4. The van der Waals surface area contributed by atoms with Crippen molar-refractivity contribution < 1.29 is 13.2 Å². The number of rotatable bonds is 2. The van der Waals surface area contributed by atoms with Crippen molar-refractivity contribution in [1.29, 1.82) is 0 Å². The van der Waals surface area contributed by atoms with Gasteiger partial charge >= 0.3 is 6.18 Å². The fourth-order valence-electron chi connectivity index (χ4n) is 2.85. The molecule has 2 rings (SSSR count). The first-order valence-electron chi connectivity index (χ1n) is 6.47. The molecule has 0 aromatic carbocycles. The number of hydrogen-bond acceptors (Lipinski definition) is 1. The second-order valence-electron chi connectivity index (χ2n) is 5.36. The molecule has 1 N–H and O–H groups in total. The molecule has 1 heterocycles. The normalized spacial score (nSPS) is 23.3. The van der Waals surface area contributed by atoms with Gasteiger partial charge in [-0.3, -0.25) is 4.99 Å². The zero-order chi connectivity index (χ0) is 13.2. The number of halogens is 3. The molecule has 2 fully saturated rings. The average molecular weight is 263 g/mol. The van der Waals surface area contributed by atoms with Gasteiger partial charge in [-0.25, -0.2) is 0 Å². The number of alkyl halides is 3. The second kappa shape index (κ2) is 4.97. The summed E-state index contributed by atoms with van der Waals surface area (Å²) >= 11 is 0. The van der Waals surface area contributed by atoms with Gasteiger partial charge in [-0.15, -0.1) is 0 Å². The van der Waals surface area contributed by atoms with Gasteiger partial charge in [0, 0.05) is 26.7 Å². The molecule has 18 heavy (non-hydrogen) atoms. The minimum Gasteiger partial charge on any atom is -0.356 e. The zero-order valence-electron chi connectivity index (χ0n) is 10.7. The van der Waals surface area contributed by atoms with Crippen molar-refractivity contribution in [2.24, 2.45) is 10.4 Å². The standard InChI is InChI=1S/C12H20F3N3/c1-16-10(17-7-5-12(13,14)15)18-8-6-11(9-18)3-2-4-11/h2-9H2,1H3,(H,16,17). The van der Waals surface area contributed by atoms with Gasteiger partial charge in [0.05, 0.1) is 6.42 Å². The van der Waals surface area contributed by atoms with Crippen molar-refractivity contribution in [2.75, 3.05) is 26.7 Å². The predicted molar refractivity (Wildman–Crippen MR) is 64.5 cm³/mol. The Morgan fingerprint density at radius 3 is 2.50 bits per heavy atom. The van der Waals surface area contributed by atoms with Crippen LogP contribution >= 0.6 is 0 Å². The Kier molecular flexibility index (Phi) is 3.73. The van der Waals surface area contributed by atoms with E-state index in [9.17, 15) is 13.2 Å². The maximum Gasteiger partial charge on any atom is 0.390 e. The van der Waals surface area contributed by atoms with E-state index in [1.807, 2.05) is 0 Å². The first-order chi connectivity index (χ1) is 8.44. The van der Waals surface area contributed by atoms with Crippen LogP contribution in [0.4, 0.5) is 13.2 Å². The molecule has 104 valence electrons. The molecule has 0 aromatic heterocycles. The van der Waals surface area contributed by atoms with Crippen molar-refractivity contribution in [2.45, 2.75) is 38.3 Å². The zero-order valence-corrected chi connectivity index (χ0v) is 10.7. The van der Waals surface area contributed by atoms with Crippen LogP contribution in [-0.4, -0.2) is 43.7 Å². The summed E-state index contributed by atoms with van der Waals surface area (Å²) in [6, 6.07) is 0. The van der Waals surface area contributed by atoms with Gasteiger partial charge in [-0.2, -0.15) is 13.2 Å². The molecule has 1 aliphatic carbocycles. The molecule has 0 amide bonds. The lowest BCUT2D eigenvalue weighted by Crippen LogP contribution is -2.43. The minimum absolute atomic E-state index is 0.0975. The van der Waals surface area contributed by atoms with E-state index in [0.29, 0.717) is 11.4 Å². The van der Waals surface area contributed by atoms with Crippen molar-refractivity contribution in [3.05, 3.63) is 0 Å². The van der Waals surface area contributed by atoms with E-state index in [1.54, 1.807) is 7.05 Å². The molecule has 3 nitrogen and oxygen atoms in total. The highest BCUT2D eigenvalue weighted by molar-refractivity contribution is 5.80. The molecule has 0 atom stereocenters. The first kappa shape index (κ1) is 13.5. The lowest BCUT2D eigenvalue weighted by molar-refractivity contribution is -0.132. The predicted octanol–water partition coefficient (Wildman–Crippen LogP) is 2.39. The van der Waals surface area contributed by atoms with E-state index in [0.717, 1.165) is 19.5 Å². The Hall–Kier alpha value is -0.940. The van der Waals surface area contributed by atoms with Gasteiger partial charge in [0.15, 0.2) is 5.96 Å². The van der Waals surface area contributed by atoms with Crippen LogP contribution in [0.2, 0.25) is 0 Å². The lowest BCUT2D eigenvalue weighted by Gasteiger charge is -2.38. The Balaban J connectivity index is 1.79. The SMILES string of the molecule is CN=C(NCCC(F)(F)F)N1CCC2(CCC2)C1. The molecule has 0 aromatic rings. The Morgan fingerprint density at radius 2 is 2.06 bits per heavy atom. The molecular weight excluding hydrogens is 243 g/mol. The average Bonchev–Trinajstić information content (AvgIpc) is 2.67. The summed E-state index contributed by atoms with van der Waals surface area (Å²) < 4.78 is 36.2. The van der Waals surface area contributed by atoms with Gasteiger partial charge in [-0.05, 0) is 24.7 Å². The number of hydrogen-bond donors (Lipinski definition) is 1. The summed E-state index contributed by atoms with van der Waals surface area (Å²) in [5, 5.41) is 2.81. The van der Waals surface area contributed by atoms with Crippen LogP contribution < -0.4 is 5.32 Å². The van der Waals surface area contributed by atoms with Gasteiger partial charge in [-0.1, -0.05) is 6.42 Å². The van der Waals surface area contributed by atoms with Gasteiger partial charge in [0.1, 0.15) is 0 Å². The largest absolute Gasteiger partial charge is 0.390 e. The molecular formula is C12H20F3N3. The molecule has 2 aliphatic rings. The maximum absolute atomic E-state index is 12.1. The van der Waals surface area contributed by atoms with Crippen LogP contribution in [-0.2, 0) is 0 Å². The number of guanidine groups is 1. The number of likely N-dealkylation sites (tertiary alicyclic amines) is 1. The summed E-state index contributed by atoms with van der Waals surface area (Å²) in [5.74, 6) is 0.614. The van der Waals surface area contributed by atoms with Crippen molar-refractivity contribution in [3.8, 4) is 0 Å². The van der Waals surface area contributed by atoms with E-state index >= 15 is 0 Å². The topological polar surface area (TPSA) is 27.6 Å². The summed E-state index contributed by atoms with van der Waals surface area (Å²) in [6.45, 7) is 1.75. The third-order valence-electron chi connectivity index (χ3n) is 4.06. The van der Waals surface area contributed by atoms with Crippen LogP contribution in [0.15, 0.2) is 4.99 Å². The molecule has 1 saturated carbocycles. The molecule has 0 bridgehead atoms. The van der Waals surface area contributed by atoms with Crippen molar-refractivity contribution in [3.63, 3.8) is 0 Å². The van der Waals surface area contributed by atoms with Crippen LogP contribution in [0.5, 0.6) is 0 Å². The van der Waals surface area contributed by atoms with Gasteiger partial charge in [0.2, 0.25) is 0 Å². The lowest BCUT2D eigenvalue weighted by atomic mass is 9.68. The summed E-state index contributed by atoms with van der Waals surface area (Å²) in [6.07, 6.45) is 0.0179. The fourth-order valence-corrected chi connectivity index (χ4v) is 2.85. The van der Waals surface area contributed by atoms with Gasteiger partial charge in [0.25, 0.3) is 0 Å².